The predicted molar refractivity (Wildman–Crippen MR) is 75.5 cm³/mol. The number of halogens is 1. The van der Waals surface area contributed by atoms with Gasteiger partial charge in [-0.15, -0.1) is 0 Å². The second-order valence-electron chi connectivity index (χ2n) is 4.55. The largest absolute Gasteiger partial charge is 0.399 e. The summed E-state index contributed by atoms with van der Waals surface area (Å²) in [5.74, 6) is 0. The van der Waals surface area contributed by atoms with Crippen LogP contribution in [0, 0.1) is 20.8 Å². The minimum absolute atomic E-state index is 0.772. The molecule has 0 heterocycles. The zero-order valence-corrected chi connectivity index (χ0v) is 11.1. The van der Waals surface area contributed by atoms with Crippen molar-refractivity contribution in [3.8, 4) is 11.1 Å². The zero-order valence-electron chi connectivity index (χ0n) is 10.3. The van der Waals surface area contributed by atoms with Crippen molar-refractivity contribution in [2.75, 3.05) is 5.73 Å². The molecule has 0 saturated carbocycles. The molecule has 0 bridgehead atoms. The molecule has 0 atom stereocenters. The Morgan fingerprint density at radius 3 is 2.18 bits per heavy atom. The van der Waals surface area contributed by atoms with Crippen LogP contribution in [0.4, 0.5) is 5.69 Å². The van der Waals surface area contributed by atoms with Crippen molar-refractivity contribution in [2.24, 2.45) is 0 Å². The van der Waals surface area contributed by atoms with Gasteiger partial charge in [-0.25, -0.2) is 0 Å². The summed E-state index contributed by atoms with van der Waals surface area (Å²) < 4.78 is 0. The summed E-state index contributed by atoms with van der Waals surface area (Å²) in [5.41, 5.74) is 12.4. The molecule has 0 amide bonds. The molecule has 0 aromatic heterocycles. The van der Waals surface area contributed by atoms with Crippen molar-refractivity contribution in [3.05, 3.63) is 52.0 Å². The Labute approximate surface area is 107 Å². The van der Waals surface area contributed by atoms with Crippen LogP contribution in [0.5, 0.6) is 0 Å². The van der Waals surface area contributed by atoms with Gasteiger partial charge in [0, 0.05) is 16.3 Å². The molecule has 2 aromatic rings. The number of nitrogen functional groups attached to an aromatic ring is 1. The summed E-state index contributed by atoms with van der Waals surface area (Å²) in [6.07, 6.45) is 0. The van der Waals surface area contributed by atoms with Gasteiger partial charge in [0.05, 0.1) is 0 Å². The van der Waals surface area contributed by atoms with Crippen LogP contribution in [-0.4, -0.2) is 0 Å². The fourth-order valence-corrected chi connectivity index (χ4v) is 2.30. The number of hydrogen-bond donors (Lipinski definition) is 1. The number of aryl methyl sites for hydroxylation is 3. The summed E-state index contributed by atoms with van der Waals surface area (Å²) >= 11 is 6.30. The second kappa shape index (κ2) is 4.42. The maximum absolute atomic E-state index is 6.30. The molecule has 0 saturated heterocycles. The fourth-order valence-electron chi connectivity index (χ4n) is 1.97. The lowest BCUT2D eigenvalue weighted by molar-refractivity contribution is 1.34. The van der Waals surface area contributed by atoms with Crippen molar-refractivity contribution in [1.29, 1.82) is 0 Å². The number of benzene rings is 2. The highest BCUT2D eigenvalue weighted by Crippen LogP contribution is 2.32. The quantitative estimate of drug-likeness (QED) is 0.735. The van der Waals surface area contributed by atoms with E-state index in [4.69, 9.17) is 17.3 Å². The predicted octanol–water partition coefficient (Wildman–Crippen LogP) is 4.51. The maximum atomic E-state index is 6.30. The summed E-state index contributed by atoms with van der Waals surface area (Å²) in [6, 6.07) is 10.1. The first kappa shape index (κ1) is 12.0. The third-order valence-corrected chi connectivity index (χ3v) is 3.31. The van der Waals surface area contributed by atoms with Crippen molar-refractivity contribution in [3.63, 3.8) is 0 Å². The maximum Gasteiger partial charge on any atom is 0.0487 e. The summed E-state index contributed by atoms with van der Waals surface area (Å²) in [5, 5.41) is 0.776. The summed E-state index contributed by atoms with van der Waals surface area (Å²) in [4.78, 5) is 0. The van der Waals surface area contributed by atoms with Gasteiger partial charge in [0.2, 0.25) is 0 Å². The Kier molecular flexibility index (Phi) is 3.12. The molecule has 88 valence electrons. The van der Waals surface area contributed by atoms with Crippen LogP contribution in [0.25, 0.3) is 11.1 Å². The van der Waals surface area contributed by atoms with E-state index < -0.39 is 0 Å². The van der Waals surface area contributed by atoms with E-state index in [0.717, 1.165) is 27.4 Å². The molecular weight excluding hydrogens is 230 g/mol. The van der Waals surface area contributed by atoms with E-state index in [0.29, 0.717) is 0 Å². The lowest BCUT2D eigenvalue weighted by atomic mass is 9.98. The third kappa shape index (κ3) is 2.45. The van der Waals surface area contributed by atoms with E-state index in [1.807, 2.05) is 25.1 Å². The van der Waals surface area contributed by atoms with Gasteiger partial charge in [0.1, 0.15) is 0 Å². The van der Waals surface area contributed by atoms with E-state index in [-0.39, 0.29) is 0 Å². The first-order chi connectivity index (χ1) is 7.97. The Morgan fingerprint density at radius 1 is 0.882 bits per heavy atom. The van der Waals surface area contributed by atoms with Gasteiger partial charge >= 0.3 is 0 Å². The van der Waals surface area contributed by atoms with Gasteiger partial charge in [-0.05, 0) is 67.3 Å². The Bertz CT molecular complexity index is 553. The second-order valence-corrected chi connectivity index (χ2v) is 4.96. The molecule has 2 aromatic carbocycles. The lowest BCUT2D eigenvalue weighted by Gasteiger charge is -2.10. The Hall–Kier alpha value is -1.47. The number of nitrogens with two attached hydrogens (primary N) is 1. The molecule has 17 heavy (non-hydrogen) atoms. The van der Waals surface area contributed by atoms with Gasteiger partial charge in [-0.1, -0.05) is 17.7 Å². The summed E-state index contributed by atoms with van der Waals surface area (Å²) in [6.45, 7) is 6.19. The highest BCUT2D eigenvalue weighted by Gasteiger charge is 2.07. The monoisotopic (exact) mass is 245 g/mol. The van der Waals surface area contributed by atoms with Crippen LogP contribution < -0.4 is 5.73 Å². The third-order valence-electron chi connectivity index (χ3n) is 2.99. The van der Waals surface area contributed by atoms with E-state index in [1.54, 1.807) is 0 Å². The normalized spacial score (nSPS) is 10.6. The first-order valence-electron chi connectivity index (χ1n) is 5.61. The molecular formula is C15H16ClN. The van der Waals surface area contributed by atoms with Gasteiger partial charge in [0.15, 0.2) is 0 Å². The standard InChI is InChI=1S/C15H16ClN/c1-9-4-12(8-13(17)5-9)14-6-10(2)11(3)7-15(14)16/h4-8H,17H2,1-3H3. The van der Waals surface area contributed by atoms with E-state index in [1.165, 1.54) is 11.1 Å². The highest BCUT2D eigenvalue weighted by atomic mass is 35.5. The van der Waals surface area contributed by atoms with E-state index in [2.05, 4.69) is 26.0 Å². The molecule has 0 aliphatic heterocycles. The van der Waals surface area contributed by atoms with E-state index >= 15 is 0 Å². The number of hydrogen-bond acceptors (Lipinski definition) is 1. The fraction of sp³-hybridized carbons (Fsp3) is 0.200. The van der Waals surface area contributed by atoms with Crippen LogP contribution in [0.2, 0.25) is 5.02 Å². The highest BCUT2D eigenvalue weighted by molar-refractivity contribution is 6.33. The molecule has 0 radical (unpaired) electrons. The zero-order chi connectivity index (χ0) is 12.6. The molecule has 1 nitrogen and oxygen atoms in total. The topological polar surface area (TPSA) is 26.0 Å². The van der Waals surface area contributed by atoms with E-state index in [9.17, 15) is 0 Å². The average molecular weight is 246 g/mol. The van der Waals surface area contributed by atoms with Crippen LogP contribution in [-0.2, 0) is 0 Å². The van der Waals surface area contributed by atoms with Crippen LogP contribution in [0.3, 0.4) is 0 Å². The minimum atomic E-state index is 0.772. The average Bonchev–Trinajstić information content (AvgIpc) is 2.22. The molecule has 0 aliphatic carbocycles. The van der Waals surface area contributed by atoms with Crippen molar-refractivity contribution in [2.45, 2.75) is 20.8 Å². The number of rotatable bonds is 1. The van der Waals surface area contributed by atoms with Crippen molar-refractivity contribution >= 4 is 17.3 Å². The molecule has 2 heteroatoms. The molecule has 2 rings (SSSR count). The van der Waals surface area contributed by atoms with Gasteiger partial charge < -0.3 is 5.73 Å². The SMILES string of the molecule is Cc1cc(N)cc(-c2cc(C)c(C)cc2Cl)c1. The number of anilines is 1. The van der Waals surface area contributed by atoms with Gasteiger partial charge in [-0.2, -0.15) is 0 Å². The molecule has 2 N–H and O–H groups in total. The molecule has 0 spiro atoms. The molecule has 0 aliphatic rings. The smallest absolute Gasteiger partial charge is 0.0487 e. The Morgan fingerprint density at radius 2 is 1.53 bits per heavy atom. The van der Waals surface area contributed by atoms with Crippen LogP contribution in [0.1, 0.15) is 16.7 Å². The van der Waals surface area contributed by atoms with Crippen LogP contribution >= 0.6 is 11.6 Å². The van der Waals surface area contributed by atoms with Gasteiger partial charge in [0.25, 0.3) is 0 Å². The van der Waals surface area contributed by atoms with Crippen molar-refractivity contribution < 1.29 is 0 Å². The lowest BCUT2D eigenvalue weighted by Crippen LogP contribution is -1.90. The Balaban J connectivity index is 2.64. The van der Waals surface area contributed by atoms with Gasteiger partial charge in [-0.3, -0.25) is 0 Å². The van der Waals surface area contributed by atoms with Crippen LogP contribution in [0.15, 0.2) is 30.3 Å². The minimum Gasteiger partial charge on any atom is -0.399 e. The van der Waals surface area contributed by atoms with Crippen molar-refractivity contribution in [1.82, 2.24) is 0 Å². The summed E-state index contributed by atoms with van der Waals surface area (Å²) in [7, 11) is 0. The first-order valence-corrected chi connectivity index (χ1v) is 5.99. The molecule has 0 unspecified atom stereocenters. The molecule has 0 fully saturated rings.